The van der Waals surface area contributed by atoms with Crippen molar-refractivity contribution in [1.29, 1.82) is 0 Å². The summed E-state index contributed by atoms with van der Waals surface area (Å²) in [5.41, 5.74) is 5.65. The number of nitrogens with one attached hydrogen (secondary N) is 1. The summed E-state index contributed by atoms with van der Waals surface area (Å²) in [5, 5.41) is 0.157. The Morgan fingerprint density at radius 2 is 1.94 bits per heavy atom. The molecule has 0 aromatic heterocycles. The van der Waals surface area contributed by atoms with E-state index in [-0.39, 0.29) is 15.5 Å². The molecule has 1 aromatic rings. The summed E-state index contributed by atoms with van der Waals surface area (Å²) in [6, 6.07) is 4.43. The fourth-order valence-corrected chi connectivity index (χ4v) is 4.39. The smallest absolute Gasteiger partial charge is 0.242 e. The van der Waals surface area contributed by atoms with Gasteiger partial charge in [-0.3, -0.25) is 0 Å². The summed E-state index contributed by atoms with van der Waals surface area (Å²) in [7, 11) is -3.59. The van der Waals surface area contributed by atoms with E-state index in [1.807, 2.05) is 6.92 Å². The lowest BCUT2D eigenvalue weighted by Crippen LogP contribution is -2.43. The highest BCUT2D eigenvalue weighted by Gasteiger charge is 2.34. The number of rotatable bonds is 3. The number of nitrogen functional groups attached to an aromatic ring is 1. The maximum atomic E-state index is 12.3. The van der Waals surface area contributed by atoms with Crippen molar-refractivity contribution in [2.75, 3.05) is 5.73 Å². The minimum absolute atomic E-state index is 0.0893. The molecule has 3 N–H and O–H groups in total. The molecule has 0 amide bonds. The number of hydrogen-bond donors (Lipinski definition) is 2. The Morgan fingerprint density at radius 3 is 2.50 bits per heavy atom. The van der Waals surface area contributed by atoms with Crippen LogP contribution in [0.15, 0.2) is 23.1 Å². The van der Waals surface area contributed by atoms with Crippen molar-refractivity contribution in [1.82, 2.24) is 4.72 Å². The molecule has 1 aromatic carbocycles. The van der Waals surface area contributed by atoms with E-state index in [0.29, 0.717) is 5.69 Å². The van der Waals surface area contributed by atoms with Gasteiger partial charge in [0.2, 0.25) is 10.0 Å². The standard InChI is InChI=1S/C12H17ClN2O2S/c1-12(6-2-3-7-12)15-18(16,17)11-5-4-9(14)8-10(11)13/h4-5,8,15H,2-3,6-7,14H2,1H3. The van der Waals surface area contributed by atoms with Crippen LogP contribution < -0.4 is 10.5 Å². The minimum Gasteiger partial charge on any atom is -0.399 e. The Morgan fingerprint density at radius 1 is 1.33 bits per heavy atom. The van der Waals surface area contributed by atoms with Gasteiger partial charge in [-0.1, -0.05) is 24.4 Å². The first-order valence-electron chi connectivity index (χ1n) is 5.91. The topological polar surface area (TPSA) is 72.2 Å². The molecule has 0 saturated heterocycles. The third-order valence-corrected chi connectivity index (χ3v) is 5.45. The zero-order chi connectivity index (χ0) is 13.4. The van der Waals surface area contributed by atoms with E-state index in [2.05, 4.69) is 4.72 Å². The van der Waals surface area contributed by atoms with Crippen molar-refractivity contribution in [3.63, 3.8) is 0 Å². The average molecular weight is 289 g/mol. The van der Waals surface area contributed by atoms with Gasteiger partial charge >= 0.3 is 0 Å². The minimum atomic E-state index is -3.59. The zero-order valence-corrected chi connectivity index (χ0v) is 11.8. The molecule has 0 unspecified atom stereocenters. The van der Waals surface area contributed by atoms with Crippen LogP contribution in [0, 0.1) is 0 Å². The third kappa shape index (κ3) is 2.79. The number of sulfonamides is 1. The van der Waals surface area contributed by atoms with Gasteiger partial charge in [-0.2, -0.15) is 0 Å². The molecule has 18 heavy (non-hydrogen) atoms. The molecular weight excluding hydrogens is 272 g/mol. The van der Waals surface area contributed by atoms with Crippen molar-refractivity contribution >= 4 is 27.3 Å². The van der Waals surface area contributed by atoms with Gasteiger partial charge in [-0.05, 0) is 38.0 Å². The molecule has 0 bridgehead atoms. The molecule has 1 fully saturated rings. The van der Waals surface area contributed by atoms with Crippen LogP contribution >= 0.6 is 11.6 Å². The summed E-state index contributed by atoms with van der Waals surface area (Å²) < 4.78 is 27.3. The van der Waals surface area contributed by atoms with Gasteiger partial charge in [0.05, 0.1) is 5.02 Å². The number of anilines is 1. The third-order valence-electron chi connectivity index (χ3n) is 3.33. The SMILES string of the molecule is CC1(NS(=O)(=O)c2ccc(N)cc2Cl)CCCC1. The summed E-state index contributed by atoms with van der Waals surface area (Å²) in [5.74, 6) is 0. The maximum absolute atomic E-state index is 12.3. The summed E-state index contributed by atoms with van der Waals surface area (Å²) in [6.45, 7) is 1.93. The van der Waals surface area contributed by atoms with Gasteiger partial charge in [0, 0.05) is 11.2 Å². The summed E-state index contributed by atoms with van der Waals surface area (Å²) in [4.78, 5) is 0.0893. The fraction of sp³-hybridized carbons (Fsp3) is 0.500. The quantitative estimate of drug-likeness (QED) is 0.840. The Labute approximate surface area is 113 Å². The molecule has 0 radical (unpaired) electrons. The van der Waals surface area contributed by atoms with E-state index >= 15 is 0 Å². The average Bonchev–Trinajstić information content (AvgIpc) is 2.62. The van der Waals surface area contributed by atoms with Gasteiger partial charge in [-0.15, -0.1) is 0 Å². The summed E-state index contributed by atoms with van der Waals surface area (Å²) >= 11 is 5.95. The highest BCUT2D eigenvalue weighted by Crippen LogP contribution is 2.32. The van der Waals surface area contributed by atoms with E-state index in [9.17, 15) is 8.42 Å². The molecule has 0 heterocycles. The number of hydrogen-bond acceptors (Lipinski definition) is 3. The van der Waals surface area contributed by atoms with Crippen molar-refractivity contribution in [3.05, 3.63) is 23.2 Å². The molecule has 1 aliphatic rings. The van der Waals surface area contributed by atoms with E-state index in [1.54, 1.807) is 0 Å². The van der Waals surface area contributed by atoms with Crippen LogP contribution in [-0.2, 0) is 10.0 Å². The van der Waals surface area contributed by atoms with Crippen LogP contribution in [0.2, 0.25) is 5.02 Å². The highest BCUT2D eigenvalue weighted by molar-refractivity contribution is 7.89. The molecule has 0 aliphatic heterocycles. The van der Waals surface area contributed by atoms with Crippen molar-refractivity contribution in [3.8, 4) is 0 Å². The van der Waals surface area contributed by atoms with Crippen LogP contribution in [0.25, 0.3) is 0 Å². The molecule has 0 spiro atoms. The van der Waals surface area contributed by atoms with Crippen molar-refractivity contribution < 1.29 is 8.42 Å². The number of nitrogens with two attached hydrogens (primary N) is 1. The summed E-state index contributed by atoms with van der Waals surface area (Å²) in [6.07, 6.45) is 3.82. The van der Waals surface area contributed by atoms with Crippen LogP contribution in [0.4, 0.5) is 5.69 Å². The van der Waals surface area contributed by atoms with Crippen molar-refractivity contribution in [2.24, 2.45) is 0 Å². The Kier molecular flexibility index (Phi) is 3.58. The van der Waals surface area contributed by atoms with E-state index in [4.69, 9.17) is 17.3 Å². The predicted octanol–water partition coefficient (Wildman–Crippen LogP) is 2.53. The lowest BCUT2D eigenvalue weighted by Gasteiger charge is -2.25. The molecule has 2 rings (SSSR count). The van der Waals surface area contributed by atoms with Crippen LogP contribution in [-0.4, -0.2) is 14.0 Å². The van der Waals surface area contributed by atoms with Gasteiger partial charge in [0.25, 0.3) is 0 Å². The van der Waals surface area contributed by atoms with Gasteiger partial charge in [0.1, 0.15) is 4.90 Å². The monoisotopic (exact) mass is 288 g/mol. The number of halogens is 1. The number of benzene rings is 1. The molecular formula is C12H17ClN2O2S. The molecule has 6 heteroatoms. The lowest BCUT2D eigenvalue weighted by atomic mass is 10.0. The van der Waals surface area contributed by atoms with Gasteiger partial charge in [0.15, 0.2) is 0 Å². The van der Waals surface area contributed by atoms with E-state index in [0.717, 1.165) is 25.7 Å². The molecule has 1 saturated carbocycles. The molecule has 4 nitrogen and oxygen atoms in total. The maximum Gasteiger partial charge on any atom is 0.242 e. The predicted molar refractivity (Wildman–Crippen MR) is 73.1 cm³/mol. The van der Waals surface area contributed by atoms with Crippen LogP contribution in [0.3, 0.4) is 0 Å². The van der Waals surface area contributed by atoms with Crippen LogP contribution in [0.5, 0.6) is 0 Å². The molecule has 1 aliphatic carbocycles. The molecule has 100 valence electrons. The fourth-order valence-electron chi connectivity index (χ4n) is 2.37. The normalized spacial score (nSPS) is 19.0. The second-order valence-corrected chi connectivity index (χ2v) is 7.12. The van der Waals surface area contributed by atoms with Crippen LogP contribution in [0.1, 0.15) is 32.6 Å². The zero-order valence-electron chi connectivity index (χ0n) is 10.2. The van der Waals surface area contributed by atoms with Crippen molar-refractivity contribution in [2.45, 2.75) is 43.0 Å². The van der Waals surface area contributed by atoms with Gasteiger partial charge < -0.3 is 5.73 Å². The second kappa shape index (κ2) is 4.72. The molecule has 0 atom stereocenters. The Balaban J connectivity index is 2.30. The largest absolute Gasteiger partial charge is 0.399 e. The Bertz CT molecular complexity index is 551. The Hall–Kier alpha value is -0.780. The van der Waals surface area contributed by atoms with E-state index < -0.39 is 10.0 Å². The lowest BCUT2D eigenvalue weighted by molar-refractivity contribution is 0.427. The first kappa shape index (κ1) is 13.6. The van der Waals surface area contributed by atoms with Gasteiger partial charge in [-0.25, -0.2) is 13.1 Å². The van der Waals surface area contributed by atoms with E-state index in [1.165, 1.54) is 18.2 Å². The first-order valence-corrected chi connectivity index (χ1v) is 7.78. The second-order valence-electron chi connectivity index (χ2n) is 5.06. The first-order chi connectivity index (χ1) is 8.32. The highest BCUT2D eigenvalue weighted by atomic mass is 35.5.